The predicted molar refractivity (Wildman–Crippen MR) is 80.1 cm³/mol. The molecule has 0 aromatic heterocycles. The molecule has 0 radical (unpaired) electrons. The fourth-order valence-corrected chi connectivity index (χ4v) is 4.54. The molecule has 0 amide bonds. The van der Waals surface area contributed by atoms with E-state index in [0.717, 1.165) is 12.8 Å². The van der Waals surface area contributed by atoms with Gasteiger partial charge in [-0.2, -0.15) is 0 Å². The highest BCUT2D eigenvalue weighted by molar-refractivity contribution is 5.74. The molecule has 0 aromatic carbocycles. The predicted octanol–water partition coefficient (Wildman–Crippen LogP) is 4.20. The highest BCUT2D eigenvalue weighted by Gasteiger charge is 2.42. The van der Waals surface area contributed by atoms with Gasteiger partial charge in [-0.15, -0.1) is 0 Å². The first-order chi connectivity index (χ1) is 9.54. The average molecular weight is 276 g/mol. The van der Waals surface area contributed by atoms with Crippen molar-refractivity contribution in [3.8, 4) is 0 Å². The standard InChI is InChI=1S/C18H28O2/c1-11(2)15-7-4-12(3)8-17(15)20-18(19)16-10-13-5-6-14(16)9-13/h5-6,11-17H,4,7-10H2,1-3H3/t12-,13+,14-,15+,16-,17-/m1/s1. The molecule has 0 N–H and O–H groups in total. The monoisotopic (exact) mass is 276 g/mol. The van der Waals surface area contributed by atoms with Crippen molar-refractivity contribution in [1.82, 2.24) is 0 Å². The van der Waals surface area contributed by atoms with Crippen molar-refractivity contribution in [2.75, 3.05) is 0 Å². The molecular formula is C18H28O2. The van der Waals surface area contributed by atoms with Gasteiger partial charge in [0.25, 0.3) is 0 Å². The lowest BCUT2D eigenvalue weighted by Crippen LogP contribution is -2.37. The van der Waals surface area contributed by atoms with Crippen LogP contribution < -0.4 is 0 Å². The molecule has 3 aliphatic carbocycles. The minimum Gasteiger partial charge on any atom is -0.462 e. The van der Waals surface area contributed by atoms with Gasteiger partial charge in [-0.05, 0) is 55.3 Å². The average Bonchev–Trinajstić information content (AvgIpc) is 3.00. The SMILES string of the molecule is CC(C)[C@@H]1CC[C@@H](C)C[C@H]1OC(=O)[C@@H]1C[C@H]2C=C[C@@H]1C2. The van der Waals surface area contributed by atoms with Crippen LogP contribution in [0.4, 0.5) is 0 Å². The first-order valence-electron chi connectivity index (χ1n) is 8.43. The number of hydrogen-bond donors (Lipinski definition) is 0. The molecule has 0 saturated heterocycles. The molecule has 112 valence electrons. The van der Waals surface area contributed by atoms with Gasteiger partial charge in [-0.1, -0.05) is 39.3 Å². The van der Waals surface area contributed by atoms with Gasteiger partial charge in [0.05, 0.1) is 5.92 Å². The zero-order valence-electron chi connectivity index (χ0n) is 13.0. The topological polar surface area (TPSA) is 26.3 Å². The molecule has 20 heavy (non-hydrogen) atoms. The summed E-state index contributed by atoms with van der Waals surface area (Å²) in [4.78, 5) is 12.5. The second-order valence-electron chi connectivity index (χ2n) is 7.69. The summed E-state index contributed by atoms with van der Waals surface area (Å²) >= 11 is 0. The maximum atomic E-state index is 12.5. The van der Waals surface area contributed by atoms with Gasteiger partial charge >= 0.3 is 5.97 Å². The van der Waals surface area contributed by atoms with Crippen molar-refractivity contribution in [3.05, 3.63) is 12.2 Å². The smallest absolute Gasteiger partial charge is 0.309 e. The van der Waals surface area contributed by atoms with E-state index in [9.17, 15) is 4.79 Å². The van der Waals surface area contributed by atoms with E-state index in [-0.39, 0.29) is 18.0 Å². The molecule has 0 heterocycles. The van der Waals surface area contributed by atoms with Crippen LogP contribution in [0.1, 0.15) is 52.9 Å². The number of hydrogen-bond acceptors (Lipinski definition) is 2. The van der Waals surface area contributed by atoms with Crippen LogP contribution in [0.5, 0.6) is 0 Å². The summed E-state index contributed by atoms with van der Waals surface area (Å²) in [6, 6.07) is 0. The minimum absolute atomic E-state index is 0.0894. The number of ether oxygens (including phenoxy) is 1. The van der Waals surface area contributed by atoms with Crippen molar-refractivity contribution in [1.29, 1.82) is 0 Å². The Hall–Kier alpha value is -0.790. The van der Waals surface area contributed by atoms with Crippen LogP contribution in [0, 0.1) is 35.5 Å². The lowest BCUT2D eigenvalue weighted by molar-refractivity contribution is -0.161. The van der Waals surface area contributed by atoms with Crippen LogP contribution in [0.2, 0.25) is 0 Å². The van der Waals surface area contributed by atoms with E-state index < -0.39 is 0 Å². The molecule has 0 aromatic rings. The maximum absolute atomic E-state index is 12.5. The van der Waals surface area contributed by atoms with Gasteiger partial charge in [0.1, 0.15) is 6.10 Å². The number of esters is 1. The van der Waals surface area contributed by atoms with E-state index in [1.165, 1.54) is 19.3 Å². The summed E-state index contributed by atoms with van der Waals surface area (Å²) in [6.45, 7) is 6.82. The Morgan fingerprint density at radius 2 is 1.95 bits per heavy atom. The van der Waals surface area contributed by atoms with Gasteiger partial charge < -0.3 is 4.74 Å². The van der Waals surface area contributed by atoms with Crippen LogP contribution in [-0.2, 0) is 9.53 Å². The van der Waals surface area contributed by atoms with E-state index in [0.29, 0.717) is 29.6 Å². The highest BCUT2D eigenvalue weighted by Crippen LogP contribution is 2.45. The zero-order valence-corrected chi connectivity index (χ0v) is 13.0. The van der Waals surface area contributed by atoms with Crippen LogP contribution in [0.15, 0.2) is 12.2 Å². The van der Waals surface area contributed by atoms with Gasteiger partial charge in [-0.3, -0.25) is 4.79 Å². The van der Waals surface area contributed by atoms with E-state index >= 15 is 0 Å². The highest BCUT2D eigenvalue weighted by atomic mass is 16.5. The van der Waals surface area contributed by atoms with Gasteiger partial charge in [0, 0.05) is 0 Å². The molecule has 2 bridgehead atoms. The summed E-state index contributed by atoms with van der Waals surface area (Å²) in [7, 11) is 0. The third kappa shape index (κ3) is 2.66. The number of allylic oxidation sites excluding steroid dienone is 2. The molecule has 2 saturated carbocycles. The fraction of sp³-hybridized carbons (Fsp3) is 0.833. The second kappa shape index (κ2) is 5.54. The van der Waals surface area contributed by atoms with Crippen LogP contribution in [-0.4, -0.2) is 12.1 Å². The molecule has 0 unspecified atom stereocenters. The third-order valence-corrected chi connectivity index (χ3v) is 5.81. The Kier molecular flexibility index (Phi) is 3.92. The van der Waals surface area contributed by atoms with Gasteiger partial charge in [-0.25, -0.2) is 0 Å². The maximum Gasteiger partial charge on any atom is 0.309 e. The molecule has 3 rings (SSSR count). The molecule has 3 aliphatic rings. The lowest BCUT2D eigenvalue weighted by Gasteiger charge is -2.37. The summed E-state index contributed by atoms with van der Waals surface area (Å²) in [5, 5.41) is 0. The van der Waals surface area contributed by atoms with E-state index in [1.807, 2.05) is 0 Å². The summed E-state index contributed by atoms with van der Waals surface area (Å²) < 4.78 is 6.00. The summed E-state index contributed by atoms with van der Waals surface area (Å²) in [5.74, 6) is 3.21. The lowest BCUT2D eigenvalue weighted by atomic mass is 9.75. The Labute approximate surface area is 123 Å². The number of rotatable bonds is 3. The van der Waals surface area contributed by atoms with Crippen molar-refractivity contribution >= 4 is 5.97 Å². The Balaban J connectivity index is 1.63. The first kappa shape index (κ1) is 14.2. The van der Waals surface area contributed by atoms with E-state index in [4.69, 9.17) is 4.74 Å². The van der Waals surface area contributed by atoms with Crippen molar-refractivity contribution in [3.63, 3.8) is 0 Å². The Morgan fingerprint density at radius 3 is 2.55 bits per heavy atom. The number of carbonyl (C=O) groups excluding carboxylic acids is 1. The van der Waals surface area contributed by atoms with Gasteiger partial charge in [0.15, 0.2) is 0 Å². The molecule has 6 atom stereocenters. The molecular weight excluding hydrogens is 248 g/mol. The Morgan fingerprint density at radius 1 is 1.15 bits per heavy atom. The summed E-state index contributed by atoms with van der Waals surface area (Å²) in [5.41, 5.74) is 0. The molecule has 2 heteroatoms. The van der Waals surface area contributed by atoms with Crippen molar-refractivity contribution in [2.45, 2.75) is 59.0 Å². The van der Waals surface area contributed by atoms with Crippen LogP contribution in [0.3, 0.4) is 0 Å². The molecule has 2 nitrogen and oxygen atoms in total. The Bertz CT molecular complexity index is 398. The quantitative estimate of drug-likeness (QED) is 0.570. The molecule has 0 spiro atoms. The van der Waals surface area contributed by atoms with E-state index in [2.05, 4.69) is 32.9 Å². The first-order valence-corrected chi connectivity index (χ1v) is 8.43. The third-order valence-electron chi connectivity index (χ3n) is 5.81. The summed E-state index contributed by atoms with van der Waals surface area (Å²) in [6.07, 6.45) is 10.4. The molecule has 0 aliphatic heterocycles. The van der Waals surface area contributed by atoms with E-state index in [1.54, 1.807) is 0 Å². The fourth-order valence-electron chi connectivity index (χ4n) is 4.54. The molecule has 2 fully saturated rings. The largest absolute Gasteiger partial charge is 0.462 e. The van der Waals surface area contributed by atoms with Gasteiger partial charge in [0.2, 0.25) is 0 Å². The van der Waals surface area contributed by atoms with Crippen molar-refractivity contribution in [2.24, 2.45) is 35.5 Å². The van der Waals surface area contributed by atoms with Crippen molar-refractivity contribution < 1.29 is 9.53 Å². The number of fused-ring (bicyclic) bond motifs is 2. The number of carbonyl (C=O) groups is 1. The normalized spacial score (nSPS) is 43.2. The minimum atomic E-state index is 0.0894. The second-order valence-corrected chi connectivity index (χ2v) is 7.69. The van der Waals surface area contributed by atoms with Crippen LogP contribution in [0.25, 0.3) is 0 Å². The zero-order chi connectivity index (χ0) is 14.3. The van der Waals surface area contributed by atoms with Crippen LogP contribution >= 0.6 is 0 Å².